The summed E-state index contributed by atoms with van der Waals surface area (Å²) >= 11 is 0. The van der Waals surface area contributed by atoms with Crippen molar-refractivity contribution in [1.82, 2.24) is 14.5 Å². The fourth-order valence-corrected chi connectivity index (χ4v) is 2.63. The maximum atomic E-state index is 12.2. The summed E-state index contributed by atoms with van der Waals surface area (Å²) in [5.74, 6) is -0.627. The Labute approximate surface area is 144 Å². The van der Waals surface area contributed by atoms with E-state index in [0.29, 0.717) is 24.7 Å². The summed E-state index contributed by atoms with van der Waals surface area (Å²) in [5.41, 5.74) is 4.49. The average molecular weight is 349 g/mol. The number of aliphatic hydroxyl groups is 1. The van der Waals surface area contributed by atoms with Gasteiger partial charge in [-0.25, -0.2) is 9.78 Å². The van der Waals surface area contributed by atoms with Crippen LogP contribution in [0.1, 0.15) is 30.1 Å². The van der Waals surface area contributed by atoms with Crippen LogP contribution >= 0.6 is 0 Å². The van der Waals surface area contributed by atoms with Crippen molar-refractivity contribution in [3.63, 3.8) is 0 Å². The Morgan fingerprint density at radius 1 is 1.36 bits per heavy atom. The molecule has 0 amide bonds. The molecule has 1 aliphatic heterocycles. The van der Waals surface area contributed by atoms with Crippen LogP contribution in [0.3, 0.4) is 0 Å². The lowest BCUT2D eigenvalue weighted by atomic mass is 10.2. The minimum atomic E-state index is -1.23. The van der Waals surface area contributed by atoms with Crippen molar-refractivity contribution in [3.05, 3.63) is 28.2 Å². The first kappa shape index (κ1) is 18.8. The van der Waals surface area contributed by atoms with Crippen LogP contribution in [0.15, 0.2) is 17.2 Å². The number of nitrogens with two attached hydrogens (primary N) is 1. The smallest absolute Gasteiger partial charge is 0.341 e. The predicted octanol–water partition coefficient (Wildman–Crippen LogP) is 0.0472. The molecule has 0 radical (unpaired) electrons. The zero-order valence-electron chi connectivity index (χ0n) is 14.2. The van der Waals surface area contributed by atoms with Crippen molar-refractivity contribution < 1.29 is 15.0 Å². The van der Waals surface area contributed by atoms with E-state index < -0.39 is 11.4 Å². The van der Waals surface area contributed by atoms with Gasteiger partial charge in [0.2, 0.25) is 11.4 Å². The summed E-state index contributed by atoms with van der Waals surface area (Å²) in [7, 11) is 0. The number of carbonyl (C=O) groups is 1. The topological polar surface area (TPSA) is 135 Å². The van der Waals surface area contributed by atoms with Gasteiger partial charge in [-0.2, -0.15) is 4.98 Å². The quantitative estimate of drug-likeness (QED) is 0.704. The molecule has 25 heavy (non-hydrogen) atoms. The van der Waals surface area contributed by atoms with Gasteiger partial charge in [0, 0.05) is 38.6 Å². The largest absolute Gasteiger partial charge is 0.477 e. The fraction of sp³-hybridized carbons (Fsp3) is 0.500. The van der Waals surface area contributed by atoms with Gasteiger partial charge in [-0.05, 0) is 19.8 Å². The van der Waals surface area contributed by atoms with Crippen LogP contribution in [0.5, 0.6) is 0 Å². The van der Waals surface area contributed by atoms with E-state index in [1.165, 1.54) is 12.4 Å². The highest BCUT2D eigenvalue weighted by atomic mass is 16.4. The first-order valence-electron chi connectivity index (χ1n) is 8.22. The molecule has 2 aromatic heterocycles. The molecule has 1 aliphatic rings. The third-order valence-corrected chi connectivity index (χ3v) is 3.89. The van der Waals surface area contributed by atoms with Crippen molar-refractivity contribution in [2.75, 3.05) is 31.1 Å². The van der Waals surface area contributed by atoms with Crippen molar-refractivity contribution in [3.8, 4) is 0 Å². The molecular weight excluding hydrogens is 326 g/mol. The Hall–Kier alpha value is -2.52. The SMILES string of the molecule is CCn1cc(C(=O)O)c(=O)c2cnc(N3CCCC3)nc21.NCCO. The molecule has 3 heterocycles. The lowest BCUT2D eigenvalue weighted by Crippen LogP contribution is -2.23. The highest BCUT2D eigenvalue weighted by molar-refractivity contribution is 5.91. The highest BCUT2D eigenvalue weighted by Gasteiger charge is 2.19. The van der Waals surface area contributed by atoms with Gasteiger partial charge in [0.25, 0.3) is 0 Å². The molecule has 0 unspecified atom stereocenters. The molecule has 0 atom stereocenters. The van der Waals surface area contributed by atoms with Crippen LogP contribution in [0.4, 0.5) is 5.95 Å². The second-order valence-electron chi connectivity index (χ2n) is 5.58. The maximum absolute atomic E-state index is 12.2. The molecule has 0 spiro atoms. The second kappa shape index (κ2) is 8.54. The van der Waals surface area contributed by atoms with Crippen LogP contribution < -0.4 is 16.1 Å². The van der Waals surface area contributed by atoms with E-state index >= 15 is 0 Å². The Bertz CT molecular complexity index is 797. The standard InChI is InChI=1S/C14H16N4O3.C2H7NO/c1-2-17-8-10(13(20)21)11(19)9-7-15-14(16-12(9)17)18-5-3-4-6-18;3-1-2-4/h7-8H,2-6H2,1H3,(H,20,21);4H,1-3H2. The van der Waals surface area contributed by atoms with E-state index in [0.717, 1.165) is 25.9 Å². The third-order valence-electron chi connectivity index (χ3n) is 3.89. The Kier molecular flexibility index (Phi) is 6.43. The molecule has 0 saturated carbocycles. The summed E-state index contributed by atoms with van der Waals surface area (Å²) in [4.78, 5) is 34.1. The number of aromatic carboxylic acids is 1. The number of rotatable bonds is 4. The van der Waals surface area contributed by atoms with Crippen molar-refractivity contribution in [2.45, 2.75) is 26.3 Å². The van der Waals surface area contributed by atoms with Gasteiger partial charge < -0.3 is 25.4 Å². The third kappa shape index (κ3) is 4.12. The number of hydrogen-bond donors (Lipinski definition) is 3. The van der Waals surface area contributed by atoms with Crippen LogP contribution in [0.25, 0.3) is 11.0 Å². The average Bonchev–Trinajstić information content (AvgIpc) is 3.16. The normalized spacial score (nSPS) is 13.6. The molecule has 9 nitrogen and oxygen atoms in total. The number of aliphatic hydroxyl groups excluding tert-OH is 1. The van der Waals surface area contributed by atoms with E-state index in [9.17, 15) is 9.59 Å². The molecular formula is C16H23N5O4. The first-order valence-corrected chi connectivity index (χ1v) is 8.22. The molecule has 0 aromatic carbocycles. The van der Waals surface area contributed by atoms with Crippen molar-refractivity contribution in [1.29, 1.82) is 0 Å². The van der Waals surface area contributed by atoms with Gasteiger partial charge in [0.05, 0.1) is 12.0 Å². The molecule has 1 saturated heterocycles. The first-order chi connectivity index (χ1) is 12.0. The highest BCUT2D eigenvalue weighted by Crippen LogP contribution is 2.18. The Morgan fingerprint density at radius 3 is 2.52 bits per heavy atom. The van der Waals surface area contributed by atoms with Crippen LogP contribution in [-0.4, -0.2) is 57.0 Å². The van der Waals surface area contributed by atoms with E-state index in [1.54, 1.807) is 4.57 Å². The van der Waals surface area contributed by atoms with E-state index in [4.69, 9.17) is 15.9 Å². The molecule has 0 aliphatic carbocycles. The number of hydrogen-bond acceptors (Lipinski definition) is 7. The molecule has 4 N–H and O–H groups in total. The summed E-state index contributed by atoms with van der Waals surface area (Å²) in [5, 5.41) is 17.1. The van der Waals surface area contributed by atoms with Gasteiger partial charge in [-0.15, -0.1) is 0 Å². The number of carboxylic acid groups (broad SMARTS) is 1. The van der Waals surface area contributed by atoms with Gasteiger partial charge in [0.1, 0.15) is 11.2 Å². The van der Waals surface area contributed by atoms with E-state index in [1.807, 2.05) is 6.92 Å². The molecule has 1 fully saturated rings. The molecule has 9 heteroatoms. The lowest BCUT2D eigenvalue weighted by Gasteiger charge is -2.16. The minimum absolute atomic E-state index is 0.0972. The second-order valence-corrected chi connectivity index (χ2v) is 5.58. The summed E-state index contributed by atoms with van der Waals surface area (Å²) in [6.07, 6.45) is 5.02. The molecule has 3 rings (SSSR count). The number of pyridine rings is 1. The fourth-order valence-electron chi connectivity index (χ4n) is 2.63. The monoisotopic (exact) mass is 349 g/mol. The summed E-state index contributed by atoms with van der Waals surface area (Å²) in [6.45, 7) is 4.71. The molecule has 2 aromatic rings. The Morgan fingerprint density at radius 2 is 2.00 bits per heavy atom. The number of aryl methyl sites for hydroxylation is 1. The minimum Gasteiger partial charge on any atom is -0.477 e. The molecule has 136 valence electrons. The number of carboxylic acids is 1. The zero-order valence-corrected chi connectivity index (χ0v) is 14.2. The maximum Gasteiger partial charge on any atom is 0.341 e. The summed E-state index contributed by atoms with van der Waals surface area (Å²) < 4.78 is 1.68. The van der Waals surface area contributed by atoms with Crippen LogP contribution in [0, 0.1) is 0 Å². The van der Waals surface area contributed by atoms with Gasteiger partial charge >= 0.3 is 5.97 Å². The number of nitrogens with zero attached hydrogens (tertiary/aromatic N) is 4. The van der Waals surface area contributed by atoms with Gasteiger partial charge in [-0.3, -0.25) is 4.79 Å². The van der Waals surface area contributed by atoms with E-state index in [-0.39, 0.29) is 17.6 Å². The number of aromatic nitrogens is 3. The Balaban J connectivity index is 0.000000511. The van der Waals surface area contributed by atoms with E-state index in [2.05, 4.69) is 14.9 Å². The van der Waals surface area contributed by atoms with Crippen molar-refractivity contribution >= 4 is 23.0 Å². The zero-order chi connectivity index (χ0) is 18.4. The lowest BCUT2D eigenvalue weighted by molar-refractivity contribution is 0.0695. The predicted molar refractivity (Wildman–Crippen MR) is 94.0 cm³/mol. The van der Waals surface area contributed by atoms with Crippen LogP contribution in [0.2, 0.25) is 0 Å². The molecule has 0 bridgehead atoms. The van der Waals surface area contributed by atoms with Gasteiger partial charge in [-0.1, -0.05) is 0 Å². The summed E-state index contributed by atoms with van der Waals surface area (Å²) in [6, 6.07) is 0. The van der Waals surface area contributed by atoms with Crippen molar-refractivity contribution in [2.24, 2.45) is 5.73 Å². The number of anilines is 1. The van der Waals surface area contributed by atoms with Gasteiger partial charge in [0.15, 0.2) is 0 Å². The number of fused-ring (bicyclic) bond motifs is 1. The van der Waals surface area contributed by atoms with Crippen LogP contribution in [-0.2, 0) is 6.54 Å².